The Balaban J connectivity index is 2.89. The average Bonchev–Trinajstić information content (AvgIpc) is 1.79. The molecule has 1 aliphatic rings. The standard InChI is InChI=1S/C8H18N2O2S/c1-8(2)6-10(3)5-4-7(8)13(9,11)12/h7H,4-6H2,1-3H3,(H2,9,11,12). The van der Waals surface area contributed by atoms with Crippen LogP contribution in [0, 0.1) is 5.41 Å². The van der Waals surface area contributed by atoms with Crippen molar-refractivity contribution < 1.29 is 8.42 Å². The van der Waals surface area contributed by atoms with Crippen LogP contribution in [0.25, 0.3) is 0 Å². The minimum absolute atomic E-state index is 0.236. The molecule has 13 heavy (non-hydrogen) atoms. The van der Waals surface area contributed by atoms with Gasteiger partial charge in [0.05, 0.1) is 5.25 Å². The molecule has 1 unspecified atom stereocenters. The zero-order valence-corrected chi connectivity index (χ0v) is 9.26. The van der Waals surface area contributed by atoms with Crippen molar-refractivity contribution in [3.63, 3.8) is 0 Å². The van der Waals surface area contributed by atoms with Gasteiger partial charge < -0.3 is 4.90 Å². The zero-order chi connectivity index (χ0) is 10.3. The molecule has 4 nitrogen and oxygen atoms in total. The molecule has 0 aliphatic carbocycles. The lowest BCUT2D eigenvalue weighted by Gasteiger charge is -2.41. The van der Waals surface area contributed by atoms with Crippen LogP contribution in [0.3, 0.4) is 0 Å². The molecule has 0 aromatic rings. The molecular formula is C8H18N2O2S. The number of primary sulfonamides is 1. The highest BCUT2D eigenvalue weighted by Gasteiger charge is 2.41. The molecule has 1 saturated heterocycles. The van der Waals surface area contributed by atoms with Gasteiger partial charge in [0.25, 0.3) is 0 Å². The Bertz CT molecular complexity index is 285. The molecule has 1 atom stereocenters. The van der Waals surface area contributed by atoms with Gasteiger partial charge in [0.2, 0.25) is 10.0 Å². The Labute approximate surface area is 80.1 Å². The topological polar surface area (TPSA) is 63.4 Å². The third kappa shape index (κ3) is 2.42. The van der Waals surface area contributed by atoms with Crippen molar-refractivity contribution in [3.8, 4) is 0 Å². The average molecular weight is 206 g/mol. The second-order valence-corrected chi connectivity index (χ2v) is 6.34. The summed E-state index contributed by atoms with van der Waals surface area (Å²) in [7, 11) is -1.38. The van der Waals surface area contributed by atoms with E-state index in [9.17, 15) is 8.42 Å². The lowest BCUT2D eigenvalue weighted by atomic mass is 9.84. The van der Waals surface area contributed by atoms with E-state index in [0.717, 1.165) is 13.1 Å². The SMILES string of the molecule is CN1CCC(S(N)(=O)=O)C(C)(C)C1. The Morgan fingerprint density at radius 3 is 2.38 bits per heavy atom. The highest BCUT2D eigenvalue weighted by molar-refractivity contribution is 7.89. The van der Waals surface area contributed by atoms with Crippen LogP contribution in [0.5, 0.6) is 0 Å². The minimum Gasteiger partial charge on any atom is -0.306 e. The largest absolute Gasteiger partial charge is 0.306 e. The molecule has 1 heterocycles. The fraction of sp³-hybridized carbons (Fsp3) is 1.00. The summed E-state index contributed by atoms with van der Waals surface area (Å²) >= 11 is 0. The molecule has 1 rings (SSSR count). The summed E-state index contributed by atoms with van der Waals surface area (Å²) in [4.78, 5) is 2.14. The summed E-state index contributed by atoms with van der Waals surface area (Å²) in [5.41, 5.74) is -0.236. The van der Waals surface area contributed by atoms with Crippen LogP contribution in [-0.4, -0.2) is 38.7 Å². The molecule has 2 N–H and O–H groups in total. The van der Waals surface area contributed by atoms with Gasteiger partial charge in [-0.25, -0.2) is 13.6 Å². The Kier molecular flexibility index (Phi) is 2.71. The predicted octanol–water partition coefficient (Wildman–Crippen LogP) is 0.00520. The number of rotatable bonds is 1. The lowest BCUT2D eigenvalue weighted by Crippen LogP contribution is -2.52. The van der Waals surface area contributed by atoms with Gasteiger partial charge in [-0.15, -0.1) is 0 Å². The molecule has 0 spiro atoms. The molecule has 0 amide bonds. The van der Waals surface area contributed by atoms with Gasteiger partial charge in [0, 0.05) is 6.54 Å². The van der Waals surface area contributed by atoms with Crippen LogP contribution in [0.4, 0.5) is 0 Å². The van der Waals surface area contributed by atoms with E-state index >= 15 is 0 Å². The molecule has 0 radical (unpaired) electrons. The van der Waals surface area contributed by atoms with Crippen LogP contribution in [0.2, 0.25) is 0 Å². The van der Waals surface area contributed by atoms with Crippen LogP contribution in [0.15, 0.2) is 0 Å². The number of hydrogen-bond acceptors (Lipinski definition) is 3. The van der Waals surface area contributed by atoms with Crippen molar-refractivity contribution in [2.45, 2.75) is 25.5 Å². The molecule has 1 aliphatic heterocycles. The van der Waals surface area contributed by atoms with E-state index in [4.69, 9.17) is 5.14 Å². The summed E-state index contributed by atoms with van der Waals surface area (Å²) in [5, 5.41) is 4.79. The van der Waals surface area contributed by atoms with Crippen molar-refractivity contribution >= 4 is 10.0 Å². The molecule has 78 valence electrons. The lowest BCUT2D eigenvalue weighted by molar-refractivity contribution is 0.146. The minimum atomic E-state index is -3.38. The van der Waals surface area contributed by atoms with Gasteiger partial charge in [0.15, 0.2) is 0 Å². The third-order valence-electron chi connectivity index (χ3n) is 2.72. The van der Waals surface area contributed by atoms with Crippen LogP contribution >= 0.6 is 0 Å². The smallest absolute Gasteiger partial charge is 0.212 e. The Morgan fingerprint density at radius 2 is 2.00 bits per heavy atom. The third-order valence-corrected chi connectivity index (χ3v) is 4.39. The van der Waals surface area contributed by atoms with E-state index in [-0.39, 0.29) is 5.41 Å². The number of nitrogens with zero attached hydrogens (tertiary/aromatic N) is 1. The summed E-state index contributed by atoms with van der Waals surface area (Å²) in [5.74, 6) is 0. The Hall–Kier alpha value is -0.130. The van der Waals surface area contributed by atoms with Crippen molar-refractivity contribution in [2.75, 3.05) is 20.1 Å². The number of nitrogens with two attached hydrogens (primary N) is 1. The van der Waals surface area contributed by atoms with Crippen molar-refractivity contribution in [2.24, 2.45) is 10.6 Å². The summed E-state index contributed by atoms with van der Waals surface area (Å²) in [6.07, 6.45) is 0.641. The van der Waals surface area contributed by atoms with E-state index < -0.39 is 15.3 Å². The first-order chi connectivity index (χ1) is 5.73. The monoisotopic (exact) mass is 206 g/mol. The second-order valence-electron chi connectivity index (χ2n) is 4.59. The summed E-state index contributed by atoms with van der Waals surface area (Å²) in [6.45, 7) is 5.51. The van der Waals surface area contributed by atoms with Crippen molar-refractivity contribution in [1.29, 1.82) is 0 Å². The molecule has 0 saturated carbocycles. The number of piperidine rings is 1. The molecular weight excluding hydrogens is 188 g/mol. The van der Waals surface area contributed by atoms with Gasteiger partial charge in [-0.1, -0.05) is 13.8 Å². The molecule has 0 bridgehead atoms. The van der Waals surface area contributed by atoms with E-state index in [1.807, 2.05) is 20.9 Å². The highest BCUT2D eigenvalue weighted by atomic mass is 32.2. The maximum atomic E-state index is 11.3. The van der Waals surface area contributed by atoms with Crippen LogP contribution in [-0.2, 0) is 10.0 Å². The number of likely N-dealkylation sites (tertiary alicyclic amines) is 1. The van der Waals surface area contributed by atoms with Crippen molar-refractivity contribution in [3.05, 3.63) is 0 Å². The summed E-state index contributed by atoms with van der Waals surface area (Å²) in [6, 6.07) is 0. The van der Waals surface area contributed by atoms with E-state index in [0.29, 0.717) is 6.42 Å². The van der Waals surface area contributed by atoms with Gasteiger partial charge in [-0.2, -0.15) is 0 Å². The molecule has 0 aromatic heterocycles. The first kappa shape index (κ1) is 10.9. The molecule has 1 fully saturated rings. The van der Waals surface area contributed by atoms with Gasteiger partial charge in [-0.3, -0.25) is 0 Å². The van der Waals surface area contributed by atoms with Crippen LogP contribution in [0.1, 0.15) is 20.3 Å². The number of hydrogen-bond donors (Lipinski definition) is 1. The molecule has 5 heteroatoms. The second kappa shape index (κ2) is 3.22. The maximum absolute atomic E-state index is 11.3. The van der Waals surface area contributed by atoms with Crippen molar-refractivity contribution in [1.82, 2.24) is 4.90 Å². The maximum Gasteiger partial charge on any atom is 0.212 e. The number of sulfonamides is 1. The fourth-order valence-electron chi connectivity index (χ4n) is 2.21. The predicted molar refractivity (Wildman–Crippen MR) is 52.8 cm³/mol. The Morgan fingerprint density at radius 1 is 1.46 bits per heavy atom. The quantitative estimate of drug-likeness (QED) is 0.657. The molecule has 0 aromatic carbocycles. The highest BCUT2D eigenvalue weighted by Crippen LogP contribution is 2.32. The normalized spacial score (nSPS) is 30.3. The summed E-state index contributed by atoms with van der Waals surface area (Å²) < 4.78 is 22.5. The van der Waals surface area contributed by atoms with E-state index in [2.05, 4.69) is 4.90 Å². The van der Waals surface area contributed by atoms with Gasteiger partial charge in [-0.05, 0) is 25.4 Å². The van der Waals surface area contributed by atoms with E-state index in [1.165, 1.54) is 0 Å². The van der Waals surface area contributed by atoms with E-state index in [1.54, 1.807) is 0 Å². The fourth-order valence-corrected chi connectivity index (χ4v) is 3.61. The first-order valence-corrected chi connectivity index (χ1v) is 6.04. The van der Waals surface area contributed by atoms with Gasteiger partial charge in [0.1, 0.15) is 0 Å². The zero-order valence-electron chi connectivity index (χ0n) is 8.45. The van der Waals surface area contributed by atoms with Gasteiger partial charge >= 0.3 is 0 Å². The van der Waals surface area contributed by atoms with Crippen LogP contribution < -0.4 is 5.14 Å². The first-order valence-electron chi connectivity index (χ1n) is 4.43.